The Balaban J connectivity index is 1.67. The number of thioether (sulfide) groups is 1. The van der Waals surface area contributed by atoms with Gasteiger partial charge in [0.25, 0.3) is 11.1 Å². The lowest BCUT2D eigenvalue weighted by Crippen LogP contribution is -2.34. The zero-order valence-corrected chi connectivity index (χ0v) is 18.6. The van der Waals surface area contributed by atoms with Crippen LogP contribution in [0.3, 0.4) is 0 Å². The highest BCUT2D eigenvalue weighted by molar-refractivity contribution is 14.1. The van der Waals surface area contributed by atoms with E-state index in [0.29, 0.717) is 23.1 Å². The van der Waals surface area contributed by atoms with Gasteiger partial charge in [-0.15, -0.1) is 0 Å². The van der Waals surface area contributed by atoms with E-state index in [1.807, 2.05) is 6.07 Å². The highest BCUT2D eigenvalue weighted by atomic mass is 127. The van der Waals surface area contributed by atoms with E-state index in [-0.39, 0.29) is 17.8 Å². The normalized spacial score (nSPS) is 19.4. The van der Waals surface area contributed by atoms with E-state index in [4.69, 9.17) is 4.74 Å². The van der Waals surface area contributed by atoms with Crippen molar-refractivity contribution < 1.29 is 23.9 Å². The number of hydrogen-bond acceptors (Lipinski definition) is 6. The number of hydrogen-bond donors (Lipinski definition) is 0. The van der Waals surface area contributed by atoms with Crippen LogP contribution in [0.15, 0.2) is 23.1 Å². The zero-order chi connectivity index (χ0) is 20.1. The first-order chi connectivity index (χ1) is 13.5. The quantitative estimate of drug-likeness (QED) is 0.317. The Bertz CT molecular complexity index is 804. The van der Waals surface area contributed by atoms with Crippen molar-refractivity contribution in [1.29, 1.82) is 0 Å². The molecule has 6 nitrogen and oxygen atoms in total. The van der Waals surface area contributed by atoms with Crippen LogP contribution in [-0.2, 0) is 14.3 Å². The fraction of sp³-hybridized carbons (Fsp3) is 0.450. The molecule has 2 fully saturated rings. The van der Waals surface area contributed by atoms with Gasteiger partial charge in [0.2, 0.25) is 0 Å². The maximum atomic E-state index is 12.7. The Labute approximate surface area is 182 Å². The van der Waals surface area contributed by atoms with Crippen LogP contribution in [0.1, 0.15) is 37.7 Å². The molecular weight excluding hydrogens is 493 g/mol. The van der Waals surface area contributed by atoms with Crippen LogP contribution in [0.2, 0.25) is 0 Å². The van der Waals surface area contributed by atoms with Gasteiger partial charge < -0.3 is 9.47 Å². The average molecular weight is 515 g/mol. The number of carbonyl (C=O) groups excluding carboxylic acids is 3. The molecule has 2 amide bonds. The van der Waals surface area contributed by atoms with Gasteiger partial charge in [-0.25, -0.2) is 4.79 Å². The van der Waals surface area contributed by atoms with E-state index in [1.165, 1.54) is 31.3 Å². The number of ether oxygens (including phenoxy) is 2. The van der Waals surface area contributed by atoms with Crippen molar-refractivity contribution in [3.05, 3.63) is 32.2 Å². The van der Waals surface area contributed by atoms with E-state index in [2.05, 4.69) is 27.3 Å². The maximum absolute atomic E-state index is 12.7. The second-order valence-electron chi connectivity index (χ2n) is 6.85. The first kappa shape index (κ1) is 21.2. The van der Waals surface area contributed by atoms with Crippen molar-refractivity contribution in [3.63, 3.8) is 0 Å². The van der Waals surface area contributed by atoms with Crippen LogP contribution in [-0.4, -0.2) is 42.3 Å². The summed E-state index contributed by atoms with van der Waals surface area (Å²) >= 11 is 3.10. The third-order valence-electron chi connectivity index (χ3n) is 4.87. The highest BCUT2D eigenvalue weighted by Crippen LogP contribution is 2.35. The molecular formula is C20H22INO5S. The smallest absolute Gasteiger partial charge is 0.343 e. The van der Waals surface area contributed by atoms with Gasteiger partial charge in [-0.3, -0.25) is 14.5 Å². The van der Waals surface area contributed by atoms with Gasteiger partial charge in [0.1, 0.15) is 5.75 Å². The van der Waals surface area contributed by atoms with Crippen molar-refractivity contribution in [3.8, 4) is 5.75 Å². The number of rotatable bonds is 6. The molecule has 150 valence electrons. The van der Waals surface area contributed by atoms with Crippen molar-refractivity contribution in [2.75, 3.05) is 20.3 Å². The number of benzene rings is 1. The summed E-state index contributed by atoms with van der Waals surface area (Å²) in [6, 6.07) is 5.38. The third-order valence-corrected chi connectivity index (χ3v) is 6.62. The van der Waals surface area contributed by atoms with E-state index in [1.54, 1.807) is 18.2 Å². The summed E-state index contributed by atoms with van der Waals surface area (Å²) in [6.45, 7) is 0.367. The SMILES string of the molecule is COC(=O)COc1ccc(/C=C2/SC(=O)N(CC3CCCCC3)C2=O)cc1I. The number of carbonyl (C=O) groups is 3. The monoisotopic (exact) mass is 515 g/mol. The topological polar surface area (TPSA) is 72.9 Å². The predicted molar refractivity (Wildman–Crippen MR) is 116 cm³/mol. The van der Waals surface area contributed by atoms with E-state index in [0.717, 1.165) is 33.7 Å². The molecule has 0 bridgehead atoms. The molecule has 0 aromatic heterocycles. The van der Waals surface area contributed by atoms with Crippen LogP contribution >= 0.6 is 34.4 Å². The van der Waals surface area contributed by atoms with Crippen LogP contribution < -0.4 is 4.74 Å². The number of esters is 1. The van der Waals surface area contributed by atoms with E-state index in [9.17, 15) is 14.4 Å². The van der Waals surface area contributed by atoms with Crippen LogP contribution in [0.5, 0.6) is 5.75 Å². The van der Waals surface area contributed by atoms with Crippen LogP contribution in [0.4, 0.5) is 4.79 Å². The Kier molecular flexibility index (Phi) is 7.39. The summed E-state index contributed by atoms with van der Waals surface area (Å²) < 4.78 is 10.8. The Morgan fingerprint density at radius 1 is 1.29 bits per heavy atom. The summed E-state index contributed by atoms with van der Waals surface area (Å²) in [4.78, 5) is 38.1. The minimum absolute atomic E-state index is 0.161. The van der Waals surface area contributed by atoms with Gasteiger partial charge in [-0.2, -0.15) is 0 Å². The molecule has 1 heterocycles. The molecule has 0 unspecified atom stereocenters. The lowest BCUT2D eigenvalue weighted by molar-refractivity contribution is -0.142. The maximum Gasteiger partial charge on any atom is 0.343 e. The van der Waals surface area contributed by atoms with Gasteiger partial charge in [0.05, 0.1) is 15.6 Å². The highest BCUT2D eigenvalue weighted by Gasteiger charge is 2.36. The minimum atomic E-state index is -0.452. The molecule has 2 aliphatic rings. The largest absolute Gasteiger partial charge is 0.481 e. The fourth-order valence-corrected chi connectivity index (χ4v) is 4.90. The molecule has 8 heteroatoms. The standard InChI is InChI=1S/C20H22INO5S/c1-26-18(23)12-27-16-8-7-14(9-15(16)21)10-17-19(24)22(20(25)28-17)11-13-5-3-2-4-6-13/h7-10,13H,2-6,11-12H2,1H3/b17-10+. The second-order valence-corrected chi connectivity index (χ2v) is 9.01. The van der Waals surface area contributed by atoms with Crippen LogP contribution in [0, 0.1) is 9.49 Å². The number of methoxy groups -OCH3 is 1. The third kappa shape index (κ3) is 5.28. The summed E-state index contributed by atoms with van der Waals surface area (Å²) in [5.41, 5.74) is 0.804. The lowest BCUT2D eigenvalue weighted by Gasteiger charge is -2.25. The fourth-order valence-electron chi connectivity index (χ4n) is 3.36. The molecule has 1 aliphatic carbocycles. The minimum Gasteiger partial charge on any atom is -0.481 e. The Hall–Kier alpha value is -1.55. The van der Waals surface area contributed by atoms with Crippen molar-refractivity contribution >= 4 is 57.5 Å². The van der Waals surface area contributed by atoms with Crippen LogP contribution in [0.25, 0.3) is 6.08 Å². The zero-order valence-electron chi connectivity index (χ0n) is 15.6. The summed E-state index contributed by atoms with van der Waals surface area (Å²) in [6.07, 6.45) is 7.52. The van der Waals surface area contributed by atoms with E-state index >= 15 is 0 Å². The first-order valence-corrected chi connectivity index (χ1v) is 11.1. The van der Waals surface area contributed by atoms with Crippen molar-refractivity contribution in [2.24, 2.45) is 5.92 Å². The number of halogens is 1. The molecule has 1 aromatic carbocycles. The number of imide groups is 1. The second kappa shape index (κ2) is 9.78. The van der Waals surface area contributed by atoms with Gasteiger partial charge in [0.15, 0.2) is 6.61 Å². The molecule has 1 saturated heterocycles. The molecule has 0 atom stereocenters. The van der Waals surface area contributed by atoms with E-state index < -0.39 is 5.97 Å². The number of amides is 2. The molecule has 0 spiro atoms. The van der Waals surface area contributed by atoms with Gasteiger partial charge >= 0.3 is 5.97 Å². The van der Waals surface area contributed by atoms with Gasteiger partial charge in [0, 0.05) is 6.54 Å². The molecule has 28 heavy (non-hydrogen) atoms. The van der Waals surface area contributed by atoms with Crippen molar-refractivity contribution in [1.82, 2.24) is 4.90 Å². The Morgan fingerprint density at radius 3 is 2.71 bits per heavy atom. The predicted octanol–water partition coefficient (Wildman–Crippen LogP) is 4.46. The lowest BCUT2D eigenvalue weighted by atomic mass is 9.89. The number of nitrogens with zero attached hydrogens (tertiary/aromatic N) is 1. The molecule has 1 aliphatic heterocycles. The molecule has 1 saturated carbocycles. The molecule has 3 rings (SSSR count). The molecule has 0 radical (unpaired) electrons. The summed E-state index contributed by atoms with van der Waals surface area (Å²) in [5.74, 6) is 0.329. The van der Waals surface area contributed by atoms with Gasteiger partial charge in [-0.05, 0) is 76.9 Å². The van der Waals surface area contributed by atoms with Gasteiger partial charge in [-0.1, -0.05) is 25.3 Å². The Morgan fingerprint density at radius 2 is 2.04 bits per heavy atom. The van der Waals surface area contributed by atoms with Crippen molar-refractivity contribution in [2.45, 2.75) is 32.1 Å². The summed E-state index contributed by atoms with van der Waals surface area (Å²) in [7, 11) is 1.31. The average Bonchev–Trinajstić information content (AvgIpc) is 2.95. The summed E-state index contributed by atoms with van der Waals surface area (Å²) in [5, 5.41) is -0.186. The molecule has 0 N–H and O–H groups in total. The first-order valence-electron chi connectivity index (χ1n) is 9.22. The molecule has 1 aromatic rings.